The van der Waals surface area contributed by atoms with Crippen molar-refractivity contribution in [1.29, 1.82) is 0 Å². The zero-order chi connectivity index (χ0) is 32.7. The van der Waals surface area contributed by atoms with E-state index in [-0.39, 0.29) is 16.0 Å². The number of fused-ring (bicyclic) bond motifs is 2. The lowest BCUT2D eigenvalue weighted by molar-refractivity contribution is -0.111. The third kappa shape index (κ3) is 6.32. The predicted molar refractivity (Wildman–Crippen MR) is 179 cm³/mol. The van der Waals surface area contributed by atoms with Crippen LogP contribution in [0.4, 0.5) is 33.1 Å². The van der Waals surface area contributed by atoms with Crippen LogP contribution in [0.2, 0.25) is 10.0 Å². The topological polar surface area (TPSA) is 104 Å². The average molecular weight is 685 g/mol. The Labute approximate surface area is 282 Å². The number of likely N-dealkylation sites (tertiary alicyclic amines) is 1. The van der Waals surface area contributed by atoms with Crippen molar-refractivity contribution in [2.24, 2.45) is 0 Å². The number of carbonyl (C=O) groups is 1. The minimum absolute atomic E-state index is 0.131. The van der Waals surface area contributed by atoms with Gasteiger partial charge in [-0.05, 0) is 37.5 Å². The number of halogens is 3. The number of rotatable bonds is 9. The molecule has 0 radical (unpaired) electrons. The van der Waals surface area contributed by atoms with Crippen molar-refractivity contribution in [3.05, 3.63) is 70.7 Å². The fourth-order valence-electron chi connectivity index (χ4n) is 7.15. The van der Waals surface area contributed by atoms with Gasteiger partial charge in [0.15, 0.2) is 5.82 Å². The highest BCUT2D eigenvalue weighted by molar-refractivity contribution is 6.42. The third-order valence-corrected chi connectivity index (χ3v) is 10.2. The van der Waals surface area contributed by atoms with Crippen LogP contribution in [0.25, 0.3) is 0 Å². The number of amides is 1. The summed E-state index contributed by atoms with van der Waals surface area (Å²) in [6, 6.07) is 9.23. The molecule has 47 heavy (non-hydrogen) atoms. The van der Waals surface area contributed by atoms with E-state index >= 15 is 4.39 Å². The number of hydrogen-bond acceptors (Lipinski definition) is 10. The summed E-state index contributed by atoms with van der Waals surface area (Å²) >= 11 is 12.1. The molecule has 0 spiro atoms. The molecule has 2 N–H and O–H groups in total. The van der Waals surface area contributed by atoms with Crippen LogP contribution in [0.3, 0.4) is 0 Å². The number of methoxy groups -OCH3 is 1. The summed E-state index contributed by atoms with van der Waals surface area (Å²) in [6.07, 6.45) is 6.73. The van der Waals surface area contributed by atoms with Crippen molar-refractivity contribution in [2.75, 3.05) is 60.6 Å². The summed E-state index contributed by atoms with van der Waals surface area (Å²) < 4.78 is 26.7. The number of hydrogen-bond donors (Lipinski definition) is 2. The van der Waals surface area contributed by atoms with Crippen molar-refractivity contribution < 1.29 is 23.5 Å². The smallest absolute Gasteiger partial charge is 0.247 e. The lowest BCUT2D eigenvalue weighted by Crippen LogP contribution is -2.49. The van der Waals surface area contributed by atoms with Crippen LogP contribution in [-0.4, -0.2) is 78.9 Å². The van der Waals surface area contributed by atoms with E-state index in [1.165, 1.54) is 12.4 Å². The average Bonchev–Trinajstić information content (AvgIpc) is 3.86. The lowest BCUT2D eigenvalue weighted by Gasteiger charge is -2.41. The summed E-state index contributed by atoms with van der Waals surface area (Å²) in [5, 5.41) is 7.85. The Hall–Kier alpha value is -3.68. The largest absolute Gasteiger partial charge is 0.494 e. The Balaban J connectivity index is 1.12. The van der Waals surface area contributed by atoms with Crippen LogP contribution in [0.1, 0.15) is 37.3 Å². The predicted octanol–water partition coefficient (Wildman–Crippen LogP) is 6.12. The van der Waals surface area contributed by atoms with Crippen molar-refractivity contribution in [2.45, 2.75) is 49.9 Å². The van der Waals surface area contributed by atoms with Gasteiger partial charge >= 0.3 is 0 Å². The van der Waals surface area contributed by atoms with Gasteiger partial charge in [0, 0.05) is 55.8 Å². The third-order valence-electron chi connectivity index (χ3n) is 9.45. The highest BCUT2D eigenvalue weighted by Gasteiger charge is 2.43. The van der Waals surface area contributed by atoms with E-state index < -0.39 is 11.9 Å². The molecule has 0 saturated carbocycles. The van der Waals surface area contributed by atoms with Crippen molar-refractivity contribution >= 4 is 57.8 Å². The molecule has 11 nitrogen and oxygen atoms in total. The first-order valence-corrected chi connectivity index (χ1v) is 16.5. The summed E-state index contributed by atoms with van der Waals surface area (Å²) in [4.78, 5) is 32.1. The first-order chi connectivity index (χ1) is 22.8. The highest BCUT2D eigenvalue weighted by atomic mass is 35.5. The van der Waals surface area contributed by atoms with E-state index in [0.29, 0.717) is 65.5 Å². The number of carbonyl (C=O) groups excluding carboxylic acids is 1. The number of nitrogens with zero attached hydrogens (tertiary/aromatic N) is 5. The molecule has 4 aliphatic rings. The van der Waals surface area contributed by atoms with Crippen molar-refractivity contribution in [1.82, 2.24) is 14.9 Å². The molecule has 3 aromatic rings. The van der Waals surface area contributed by atoms with Crippen LogP contribution in [0, 0.1) is 5.82 Å². The molecule has 1 amide bonds. The van der Waals surface area contributed by atoms with E-state index in [1.807, 2.05) is 12.1 Å². The first kappa shape index (κ1) is 31.9. The number of anilines is 5. The molecule has 3 atom stereocenters. The normalized spacial score (nSPS) is 22.9. The van der Waals surface area contributed by atoms with Gasteiger partial charge in [0.1, 0.15) is 23.7 Å². The van der Waals surface area contributed by atoms with Gasteiger partial charge in [0.25, 0.3) is 0 Å². The molecule has 1 aromatic heterocycles. The Morgan fingerprint density at radius 1 is 1.13 bits per heavy atom. The van der Waals surface area contributed by atoms with Gasteiger partial charge < -0.3 is 25.0 Å². The first-order valence-electron chi connectivity index (χ1n) is 15.7. The van der Waals surface area contributed by atoms with E-state index in [0.717, 1.165) is 51.2 Å². The summed E-state index contributed by atoms with van der Waals surface area (Å²) in [5.41, 5.74) is 2.43. The SMILES string of the molecule is C=CC(=O)Nc1cc(Nc2cc(N3OCC[C@@H]3c3ccc(Cl)c(Cl)c3F)ncn2)c(OC)cc1N1CCC(N2C[C@H]3C[C@@H]2CO3)CC1. The Morgan fingerprint density at radius 2 is 1.96 bits per heavy atom. The van der Waals surface area contributed by atoms with Crippen molar-refractivity contribution in [3.63, 3.8) is 0 Å². The number of nitrogens with one attached hydrogen (secondary N) is 2. The fraction of sp³-hybridized carbons (Fsp3) is 0.424. The molecule has 7 rings (SSSR count). The fourth-order valence-corrected chi connectivity index (χ4v) is 7.46. The minimum Gasteiger partial charge on any atom is -0.494 e. The molecule has 4 aliphatic heterocycles. The number of benzene rings is 2. The molecular formula is C33H36Cl2FN7O4. The van der Waals surface area contributed by atoms with Gasteiger partial charge in [0.05, 0.1) is 59.6 Å². The molecule has 2 bridgehead atoms. The van der Waals surface area contributed by atoms with E-state index in [1.54, 1.807) is 30.4 Å². The van der Waals surface area contributed by atoms with Gasteiger partial charge in [-0.25, -0.2) is 19.4 Å². The summed E-state index contributed by atoms with van der Waals surface area (Å²) in [7, 11) is 1.60. The van der Waals surface area contributed by atoms with Gasteiger partial charge in [0.2, 0.25) is 5.91 Å². The number of aromatic nitrogens is 2. The van der Waals surface area contributed by atoms with Crippen LogP contribution >= 0.6 is 23.2 Å². The second-order valence-corrected chi connectivity index (χ2v) is 12.9. The van der Waals surface area contributed by atoms with E-state index in [4.69, 9.17) is 37.5 Å². The van der Waals surface area contributed by atoms with Crippen molar-refractivity contribution in [3.8, 4) is 5.75 Å². The molecule has 4 saturated heterocycles. The number of ether oxygens (including phenoxy) is 2. The monoisotopic (exact) mass is 683 g/mol. The van der Waals surface area contributed by atoms with Crippen LogP contribution in [-0.2, 0) is 14.4 Å². The number of piperidine rings is 1. The minimum atomic E-state index is -0.590. The number of morpholine rings is 1. The maximum atomic E-state index is 15.1. The molecule has 4 fully saturated rings. The highest BCUT2D eigenvalue weighted by Crippen LogP contribution is 2.42. The van der Waals surface area contributed by atoms with Crippen LogP contribution < -0.4 is 25.3 Å². The van der Waals surface area contributed by atoms with Gasteiger partial charge in [-0.15, -0.1) is 0 Å². The maximum Gasteiger partial charge on any atom is 0.247 e. The molecule has 0 aliphatic carbocycles. The number of hydroxylamine groups is 1. The Bertz CT molecular complexity index is 1670. The second-order valence-electron chi connectivity index (χ2n) is 12.1. The van der Waals surface area contributed by atoms with Crippen LogP contribution in [0.5, 0.6) is 5.75 Å². The second kappa shape index (κ2) is 13.4. The zero-order valence-electron chi connectivity index (χ0n) is 25.9. The van der Waals surface area contributed by atoms with Crippen LogP contribution in [0.15, 0.2) is 49.3 Å². The Kier molecular flexibility index (Phi) is 9.12. The van der Waals surface area contributed by atoms with Gasteiger partial charge in [-0.3, -0.25) is 14.5 Å². The van der Waals surface area contributed by atoms with Gasteiger partial charge in [-0.1, -0.05) is 35.8 Å². The van der Waals surface area contributed by atoms with E-state index in [2.05, 4.69) is 37.0 Å². The molecule has 14 heteroatoms. The molecule has 5 heterocycles. The molecule has 2 aromatic carbocycles. The van der Waals surface area contributed by atoms with E-state index in [9.17, 15) is 4.79 Å². The standard InChI is InChI=1S/C33H36Cl2FN7O4/c1-3-31(44)40-24-13-25(28(45-2)14-27(24)41-9-6-19(7-10-41)42-16-21-12-20(42)17-46-21)39-29-15-30(38-18-37-29)43-26(8-11-47-43)22-4-5-23(34)32(35)33(22)36/h3-5,13-15,18-21,26H,1,6-12,16-17H2,2H3,(H,40,44)(H,37,38,39)/t20-,21-,26-/m1/s1. The zero-order valence-corrected chi connectivity index (χ0v) is 27.4. The quantitative estimate of drug-likeness (QED) is 0.202. The van der Waals surface area contributed by atoms with Gasteiger partial charge in [-0.2, -0.15) is 0 Å². The summed E-state index contributed by atoms with van der Waals surface area (Å²) in [6.45, 7) is 7.54. The summed E-state index contributed by atoms with van der Waals surface area (Å²) in [5.74, 6) is 0.526. The molecule has 0 unspecified atom stereocenters. The molecule has 248 valence electrons. The molecular weight excluding hydrogens is 648 g/mol. The Morgan fingerprint density at radius 3 is 2.68 bits per heavy atom. The maximum absolute atomic E-state index is 15.1. The lowest BCUT2D eigenvalue weighted by atomic mass is 10.0.